The van der Waals surface area contributed by atoms with E-state index >= 15 is 0 Å². The Morgan fingerprint density at radius 2 is 1.77 bits per heavy atom. The molecule has 0 fully saturated rings. The molecule has 4 aromatic rings. The van der Waals surface area contributed by atoms with Gasteiger partial charge in [-0.25, -0.2) is 9.37 Å². The molecule has 1 aliphatic rings. The maximum absolute atomic E-state index is 13.1. The van der Waals surface area contributed by atoms with E-state index in [-0.39, 0.29) is 11.4 Å². The zero-order valence-electron chi connectivity index (χ0n) is 14.0. The third-order valence-electron chi connectivity index (χ3n) is 5.02. The zero-order chi connectivity index (χ0) is 17.7. The van der Waals surface area contributed by atoms with Gasteiger partial charge >= 0.3 is 0 Å². The summed E-state index contributed by atoms with van der Waals surface area (Å²) in [7, 11) is 0. The van der Waals surface area contributed by atoms with Gasteiger partial charge in [-0.15, -0.1) is 0 Å². The minimum atomic E-state index is -0.295. The minimum Gasteiger partial charge on any atom is -0.300 e. The monoisotopic (exact) mass is 345 g/mol. The van der Waals surface area contributed by atoms with Crippen molar-refractivity contribution >= 4 is 5.65 Å². The number of hydrogen-bond donors (Lipinski definition) is 0. The fourth-order valence-electron chi connectivity index (χ4n) is 3.65. The largest absolute Gasteiger partial charge is 0.300 e. The van der Waals surface area contributed by atoms with E-state index in [1.165, 1.54) is 29.7 Å². The number of aromatic nitrogens is 3. The second-order valence-corrected chi connectivity index (χ2v) is 6.64. The number of imidazole rings is 1. The maximum atomic E-state index is 13.1. The summed E-state index contributed by atoms with van der Waals surface area (Å²) in [5, 5.41) is 0. The molecule has 5 rings (SSSR count). The smallest absolute Gasteiger partial charge is 0.298 e. The lowest BCUT2D eigenvalue weighted by molar-refractivity contribution is 0.628. The molecule has 0 bridgehead atoms. The molecule has 2 aromatic carbocycles. The zero-order valence-corrected chi connectivity index (χ0v) is 14.0. The van der Waals surface area contributed by atoms with Crippen molar-refractivity contribution in [2.75, 3.05) is 0 Å². The van der Waals surface area contributed by atoms with Gasteiger partial charge in [-0.1, -0.05) is 6.07 Å². The fraction of sp³-hybridized carbons (Fsp3) is 0.143. The van der Waals surface area contributed by atoms with Crippen molar-refractivity contribution in [2.45, 2.75) is 19.3 Å². The predicted octanol–water partition coefficient (Wildman–Crippen LogP) is 3.78. The van der Waals surface area contributed by atoms with Crippen LogP contribution in [0.15, 0.2) is 65.8 Å². The first kappa shape index (κ1) is 15.1. The molecule has 128 valence electrons. The molecule has 0 saturated heterocycles. The van der Waals surface area contributed by atoms with Gasteiger partial charge < -0.3 is 4.40 Å². The summed E-state index contributed by atoms with van der Waals surface area (Å²) in [6, 6.07) is 12.3. The first-order valence-electron chi connectivity index (χ1n) is 8.67. The van der Waals surface area contributed by atoms with Crippen molar-refractivity contribution in [1.82, 2.24) is 14.0 Å². The topological polar surface area (TPSA) is 39.3 Å². The molecular formula is C21H16FN3O. The summed E-state index contributed by atoms with van der Waals surface area (Å²) in [6.45, 7) is 0. The van der Waals surface area contributed by atoms with Gasteiger partial charge in [0.2, 0.25) is 5.65 Å². The van der Waals surface area contributed by atoms with E-state index in [4.69, 9.17) is 0 Å². The maximum Gasteiger partial charge on any atom is 0.298 e. The van der Waals surface area contributed by atoms with Crippen molar-refractivity contribution in [1.29, 1.82) is 0 Å². The molecule has 0 amide bonds. The third-order valence-corrected chi connectivity index (χ3v) is 5.02. The minimum absolute atomic E-state index is 0.168. The number of nitrogens with zero attached hydrogens (tertiary/aromatic N) is 3. The summed E-state index contributed by atoms with van der Waals surface area (Å²) in [4.78, 5) is 17.4. The van der Waals surface area contributed by atoms with Gasteiger partial charge in [-0.3, -0.25) is 9.36 Å². The van der Waals surface area contributed by atoms with Crippen LogP contribution >= 0.6 is 0 Å². The molecule has 0 saturated carbocycles. The van der Waals surface area contributed by atoms with Gasteiger partial charge in [0.1, 0.15) is 5.82 Å². The van der Waals surface area contributed by atoms with Crippen LogP contribution in [-0.2, 0) is 12.8 Å². The molecule has 0 unspecified atom stereocenters. The van der Waals surface area contributed by atoms with E-state index in [0.717, 1.165) is 24.1 Å². The Kier molecular flexibility index (Phi) is 3.28. The number of aryl methyl sites for hydroxylation is 2. The quantitative estimate of drug-likeness (QED) is 0.555. The number of rotatable bonds is 2. The van der Waals surface area contributed by atoms with Crippen LogP contribution < -0.4 is 5.56 Å². The first-order chi connectivity index (χ1) is 12.7. The van der Waals surface area contributed by atoms with Crippen molar-refractivity contribution in [3.63, 3.8) is 0 Å². The molecule has 2 aromatic heterocycles. The van der Waals surface area contributed by atoms with Crippen LogP contribution in [0.4, 0.5) is 4.39 Å². The Morgan fingerprint density at radius 1 is 0.962 bits per heavy atom. The van der Waals surface area contributed by atoms with Crippen molar-refractivity contribution in [3.8, 4) is 16.9 Å². The summed E-state index contributed by atoms with van der Waals surface area (Å²) in [5.41, 5.74) is 5.18. The molecule has 0 spiro atoms. The lowest BCUT2D eigenvalue weighted by atomic mass is 10.1. The highest BCUT2D eigenvalue weighted by Crippen LogP contribution is 2.24. The summed E-state index contributed by atoms with van der Waals surface area (Å²) < 4.78 is 16.5. The molecule has 1 aliphatic carbocycles. The lowest BCUT2D eigenvalue weighted by Crippen LogP contribution is -2.20. The van der Waals surface area contributed by atoms with Crippen molar-refractivity contribution in [3.05, 3.63) is 88.4 Å². The highest BCUT2D eigenvalue weighted by Gasteiger charge is 2.14. The van der Waals surface area contributed by atoms with Crippen LogP contribution in [0.25, 0.3) is 22.6 Å². The summed E-state index contributed by atoms with van der Waals surface area (Å²) >= 11 is 0. The highest BCUT2D eigenvalue weighted by atomic mass is 19.1. The third kappa shape index (κ3) is 2.36. The molecule has 2 heterocycles. The summed E-state index contributed by atoms with van der Waals surface area (Å²) in [5.74, 6) is -0.295. The number of hydrogen-bond acceptors (Lipinski definition) is 2. The highest BCUT2D eigenvalue weighted by molar-refractivity contribution is 5.62. The molecule has 26 heavy (non-hydrogen) atoms. The van der Waals surface area contributed by atoms with Gasteiger partial charge in [0.15, 0.2) is 0 Å². The van der Waals surface area contributed by atoms with Gasteiger partial charge in [-0.05, 0) is 66.8 Å². The first-order valence-corrected chi connectivity index (χ1v) is 8.67. The van der Waals surface area contributed by atoms with E-state index in [1.54, 1.807) is 33.5 Å². The van der Waals surface area contributed by atoms with Crippen LogP contribution in [0.5, 0.6) is 0 Å². The molecule has 4 nitrogen and oxygen atoms in total. The van der Waals surface area contributed by atoms with Crippen LogP contribution in [0.1, 0.15) is 17.5 Å². The van der Waals surface area contributed by atoms with Crippen LogP contribution in [0.3, 0.4) is 0 Å². The van der Waals surface area contributed by atoms with E-state index in [9.17, 15) is 9.18 Å². The van der Waals surface area contributed by atoms with Crippen LogP contribution in [-0.4, -0.2) is 14.0 Å². The Bertz CT molecular complexity index is 1190. The standard InChI is InChI=1S/C21H16FN3O/c22-17-7-4-15(5-8-17)19-13-24-10-11-25(21(26)20(24)23-19)18-9-6-14-2-1-3-16(14)12-18/h4-13H,1-3H2. The average Bonchev–Trinajstić information content (AvgIpc) is 3.29. The summed E-state index contributed by atoms with van der Waals surface area (Å²) in [6.07, 6.45) is 8.74. The Morgan fingerprint density at radius 3 is 2.62 bits per heavy atom. The fourth-order valence-corrected chi connectivity index (χ4v) is 3.65. The molecule has 0 N–H and O–H groups in total. The molecular weight excluding hydrogens is 329 g/mol. The second kappa shape index (κ2) is 5.66. The number of halogens is 1. The molecule has 0 atom stereocenters. The predicted molar refractivity (Wildman–Crippen MR) is 98.2 cm³/mol. The lowest BCUT2D eigenvalue weighted by Gasteiger charge is -2.08. The number of fused-ring (bicyclic) bond motifs is 2. The number of benzene rings is 2. The second-order valence-electron chi connectivity index (χ2n) is 6.64. The Hall–Kier alpha value is -3.21. The Labute approximate surface area is 149 Å². The van der Waals surface area contributed by atoms with E-state index in [0.29, 0.717) is 11.3 Å². The van der Waals surface area contributed by atoms with E-state index in [1.807, 2.05) is 12.3 Å². The normalized spacial score (nSPS) is 13.3. The van der Waals surface area contributed by atoms with Crippen molar-refractivity contribution < 1.29 is 4.39 Å². The molecule has 5 heteroatoms. The van der Waals surface area contributed by atoms with Crippen molar-refractivity contribution in [2.24, 2.45) is 0 Å². The van der Waals surface area contributed by atoms with Crippen LogP contribution in [0, 0.1) is 5.82 Å². The van der Waals surface area contributed by atoms with E-state index in [2.05, 4.69) is 17.1 Å². The van der Waals surface area contributed by atoms with Gasteiger partial charge in [0, 0.05) is 29.8 Å². The van der Waals surface area contributed by atoms with Crippen LogP contribution in [0.2, 0.25) is 0 Å². The Balaban J connectivity index is 1.63. The molecule has 0 radical (unpaired) electrons. The van der Waals surface area contributed by atoms with Gasteiger partial charge in [-0.2, -0.15) is 0 Å². The SMILES string of the molecule is O=c1c2nc(-c3ccc(F)cc3)cn2ccn1-c1ccc2c(c1)CCC2. The average molecular weight is 345 g/mol. The molecule has 0 aliphatic heterocycles. The van der Waals surface area contributed by atoms with E-state index < -0.39 is 0 Å². The van der Waals surface area contributed by atoms with Gasteiger partial charge in [0.25, 0.3) is 5.56 Å². The van der Waals surface area contributed by atoms with Gasteiger partial charge in [0.05, 0.1) is 5.69 Å².